The largest absolute Gasteiger partial charge is 0.619 e. The van der Waals surface area contributed by atoms with Crippen molar-refractivity contribution < 1.29 is 14.4 Å². The highest BCUT2D eigenvalue weighted by Gasteiger charge is 2.27. The molecule has 1 aliphatic rings. The van der Waals surface area contributed by atoms with Gasteiger partial charge >= 0.3 is 7.12 Å². The number of fused-ring (bicyclic) bond motifs is 1. The lowest BCUT2D eigenvalue weighted by Crippen LogP contribution is -2.27. The second-order valence-corrected chi connectivity index (χ2v) is 5.17. The van der Waals surface area contributed by atoms with Crippen LogP contribution in [0.2, 0.25) is 0 Å². The van der Waals surface area contributed by atoms with E-state index in [0.717, 1.165) is 25.5 Å². The summed E-state index contributed by atoms with van der Waals surface area (Å²) in [5.74, 6) is 0. The molecule has 0 spiro atoms. The molecule has 0 saturated carbocycles. The first-order valence-corrected chi connectivity index (χ1v) is 6.33. The lowest BCUT2D eigenvalue weighted by Gasteiger charge is -2.04. The van der Waals surface area contributed by atoms with Crippen LogP contribution in [0.15, 0.2) is 52.5 Å². The van der Waals surface area contributed by atoms with Gasteiger partial charge in [0.25, 0.3) is 0 Å². The normalized spacial score (nSPS) is 13.7. The number of benzene rings is 1. The fraction of sp³-hybridized carbons (Fsp3) is 0.0833. The molecule has 0 saturated heterocycles. The highest BCUT2D eigenvalue weighted by atomic mass is 32.2. The maximum absolute atomic E-state index is 10.9. The van der Waals surface area contributed by atoms with Crippen LogP contribution in [0.25, 0.3) is 0 Å². The molecule has 90 valence electrons. The Morgan fingerprint density at radius 1 is 1.22 bits per heavy atom. The molecule has 4 nitrogen and oxygen atoms in total. The summed E-state index contributed by atoms with van der Waals surface area (Å²) in [6.07, 6.45) is 2.93. The Morgan fingerprint density at radius 3 is 2.78 bits per heavy atom. The van der Waals surface area contributed by atoms with Crippen LogP contribution in [-0.2, 0) is 11.3 Å². The van der Waals surface area contributed by atoms with Crippen LogP contribution in [-0.4, -0.2) is 12.1 Å². The quantitative estimate of drug-likeness (QED) is 0.489. The van der Waals surface area contributed by atoms with Crippen LogP contribution in [0.4, 0.5) is 0 Å². The Bertz CT molecular complexity index is 576. The van der Waals surface area contributed by atoms with Gasteiger partial charge in [-0.15, -0.1) is 0 Å². The molecule has 1 N–H and O–H groups in total. The van der Waals surface area contributed by atoms with Crippen molar-refractivity contribution in [1.82, 2.24) is 0 Å². The van der Waals surface area contributed by atoms with Crippen molar-refractivity contribution in [2.75, 3.05) is 0 Å². The molecule has 2 heterocycles. The minimum Gasteiger partial charge on any atom is -0.619 e. The molecule has 0 unspecified atom stereocenters. The summed E-state index contributed by atoms with van der Waals surface area (Å²) in [5, 5.41) is 20.6. The topological polar surface area (TPSA) is 56.4 Å². The minimum atomic E-state index is -0.819. The lowest BCUT2D eigenvalue weighted by molar-refractivity contribution is -0.605. The molecule has 0 amide bonds. The maximum atomic E-state index is 10.9. The van der Waals surface area contributed by atoms with Crippen LogP contribution in [0.1, 0.15) is 5.56 Å². The molecule has 3 rings (SSSR count). The monoisotopic (exact) mass is 259 g/mol. The molecule has 0 radical (unpaired) electrons. The Hall–Kier alpha value is -1.50. The number of hydrogen-bond donors (Lipinski definition) is 1. The van der Waals surface area contributed by atoms with Crippen LogP contribution in [0.3, 0.4) is 0 Å². The van der Waals surface area contributed by atoms with Gasteiger partial charge in [-0.25, -0.2) is 0 Å². The SMILES string of the molecule is [O-][n+]1ccc(Sc2ccc3c(c2)B(O)OC3)cc1. The predicted octanol–water partition coefficient (Wildman–Crippen LogP) is 0.689. The van der Waals surface area contributed by atoms with Gasteiger partial charge in [-0.3, -0.25) is 0 Å². The Labute approximate surface area is 109 Å². The molecule has 0 aliphatic carbocycles. The first-order chi connectivity index (χ1) is 8.72. The van der Waals surface area contributed by atoms with E-state index in [4.69, 9.17) is 4.65 Å². The van der Waals surface area contributed by atoms with E-state index >= 15 is 0 Å². The van der Waals surface area contributed by atoms with Crippen molar-refractivity contribution in [1.29, 1.82) is 0 Å². The third kappa shape index (κ3) is 2.22. The van der Waals surface area contributed by atoms with Crippen molar-refractivity contribution >= 4 is 24.3 Å². The first-order valence-electron chi connectivity index (χ1n) is 5.51. The zero-order chi connectivity index (χ0) is 12.5. The number of pyridine rings is 1. The van der Waals surface area contributed by atoms with Crippen LogP contribution >= 0.6 is 11.8 Å². The Morgan fingerprint density at radius 2 is 2.00 bits per heavy atom. The van der Waals surface area contributed by atoms with Crippen LogP contribution in [0, 0.1) is 5.21 Å². The van der Waals surface area contributed by atoms with E-state index in [2.05, 4.69) is 0 Å². The van der Waals surface area contributed by atoms with Crippen molar-refractivity contribution in [3.8, 4) is 0 Å². The fourth-order valence-corrected chi connectivity index (χ4v) is 2.71. The van der Waals surface area contributed by atoms with Gasteiger partial charge in [-0.2, -0.15) is 4.73 Å². The van der Waals surface area contributed by atoms with E-state index in [1.807, 2.05) is 18.2 Å². The van der Waals surface area contributed by atoms with Crippen molar-refractivity contribution in [3.63, 3.8) is 0 Å². The second kappa shape index (κ2) is 4.64. The van der Waals surface area contributed by atoms with Gasteiger partial charge in [0, 0.05) is 21.9 Å². The zero-order valence-corrected chi connectivity index (χ0v) is 10.3. The van der Waals surface area contributed by atoms with Crippen molar-refractivity contribution in [2.45, 2.75) is 16.4 Å². The van der Waals surface area contributed by atoms with E-state index in [0.29, 0.717) is 6.61 Å². The molecule has 0 bridgehead atoms. The predicted molar refractivity (Wildman–Crippen MR) is 68.4 cm³/mol. The number of aromatic nitrogens is 1. The van der Waals surface area contributed by atoms with Gasteiger partial charge in [-0.05, 0) is 23.2 Å². The van der Waals surface area contributed by atoms with Gasteiger partial charge in [0.05, 0.1) is 6.61 Å². The lowest BCUT2D eigenvalue weighted by atomic mass is 9.80. The second-order valence-electron chi connectivity index (χ2n) is 4.02. The van der Waals surface area contributed by atoms with E-state index in [-0.39, 0.29) is 0 Å². The molecule has 0 fully saturated rings. The standard InChI is InChI=1S/C12H10BNO3S/c15-13-12-7-11(2-1-9(12)8-17-13)18-10-3-5-14(16)6-4-10/h1-7,15H,8H2. The molecule has 2 aromatic rings. The van der Waals surface area contributed by atoms with Crippen LogP contribution in [0.5, 0.6) is 0 Å². The highest BCUT2D eigenvalue weighted by Crippen LogP contribution is 2.27. The third-order valence-electron chi connectivity index (χ3n) is 2.79. The van der Waals surface area contributed by atoms with Crippen LogP contribution < -0.4 is 10.2 Å². The molecule has 1 aromatic carbocycles. The van der Waals surface area contributed by atoms with Gasteiger partial charge in [0.15, 0.2) is 12.4 Å². The van der Waals surface area contributed by atoms with Gasteiger partial charge in [0.1, 0.15) is 0 Å². The number of nitrogens with zero attached hydrogens (tertiary/aromatic N) is 1. The molecular formula is C12H10BNO3S. The molecule has 1 aromatic heterocycles. The third-order valence-corrected chi connectivity index (χ3v) is 3.78. The minimum absolute atomic E-state index is 0.461. The maximum Gasteiger partial charge on any atom is 0.491 e. The molecule has 1 aliphatic heterocycles. The number of rotatable bonds is 2. The van der Waals surface area contributed by atoms with Gasteiger partial charge < -0.3 is 14.9 Å². The summed E-state index contributed by atoms with van der Waals surface area (Å²) in [7, 11) is -0.819. The van der Waals surface area contributed by atoms with Gasteiger partial charge in [0.2, 0.25) is 0 Å². The zero-order valence-electron chi connectivity index (χ0n) is 9.45. The summed E-state index contributed by atoms with van der Waals surface area (Å²) >= 11 is 1.55. The molecular weight excluding hydrogens is 249 g/mol. The summed E-state index contributed by atoms with van der Waals surface area (Å²) in [6.45, 7) is 0.461. The first kappa shape index (κ1) is 11.6. The van der Waals surface area contributed by atoms with Crippen molar-refractivity contribution in [2.24, 2.45) is 0 Å². The van der Waals surface area contributed by atoms with Gasteiger partial charge in [-0.1, -0.05) is 17.8 Å². The summed E-state index contributed by atoms with van der Waals surface area (Å²) < 4.78 is 5.90. The molecule has 0 atom stereocenters. The highest BCUT2D eigenvalue weighted by molar-refractivity contribution is 7.99. The Balaban J connectivity index is 1.85. The summed E-state index contributed by atoms with van der Waals surface area (Å²) in [4.78, 5) is 2.00. The Kier molecular flexibility index (Phi) is 2.99. The van der Waals surface area contributed by atoms with E-state index in [1.165, 1.54) is 12.4 Å². The van der Waals surface area contributed by atoms with Crippen molar-refractivity contribution in [3.05, 3.63) is 53.5 Å². The molecule has 6 heteroatoms. The van der Waals surface area contributed by atoms with E-state index in [1.54, 1.807) is 23.9 Å². The average Bonchev–Trinajstić information content (AvgIpc) is 2.74. The van der Waals surface area contributed by atoms with E-state index in [9.17, 15) is 10.2 Å². The summed E-state index contributed by atoms with van der Waals surface area (Å²) in [5.41, 5.74) is 1.85. The average molecular weight is 259 g/mol. The fourth-order valence-electron chi connectivity index (χ4n) is 1.86. The van der Waals surface area contributed by atoms with E-state index < -0.39 is 7.12 Å². The smallest absolute Gasteiger partial charge is 0.491 e. The number of hydrogen-bond acceptors (Lipinski definition) is 4. The molecule has 18 heavy (non-hydrogen) atoms. The summed E-state index contributed by atoms with van der Waals surface area (Å²) in [6, 6.07) is 9.40.